The monoisotopic (exact) mass is 292 g/mol. The SMILES string of the molecule is CC(C)Cn1c(-c2ccco2)nc2nc3ccccc3nc21. The molecule has 22 heavy (non-hydrogen) atoms. The standard InChI is InChI=1S/C17H16N4O/c1-11(2)10-21-16(14-8-5-9-22-14)20-15-17(21)19-13-7-4-3-6-12(13)18-15/h3-9,11H,10H2,1-2H3. The van der Waals surface area contributed by atoms with Crippen molar-refractivity contribution in [1.82, 2.24) is 19.5 Å². The summed E-state index contributed by atoms with van der Waals surface area (Å²) in [7, 11) is 0. The molecule has 0 saturated carbocycles. The highest BCUT2D eigenvalue weighted by Gasteiger charge is 2.18. The summed E-state index contributed by atoms with van der Waals surface area (Å²) in [4.78, 5) is 14.1. The summed E-state index contributed by atoms with van der Waals surface area (Å²) in [5.74, 6) is 1.99. The Morgan fingerprint density at radius 2 is 1.77 bits per heavy atom. The van der Waals surface area contributed by atoms with Gasteiger partial charge >= 0.3 is 0 Å². The summed E-state index contributed by atoms with van der Waals surface area (Å²) in [5, 5.41) is 0. The fraction of sp³-hybridized carbons (Fsp3) is 0.235. The van der Waals surface area contributed by atoms with Crippen LogP contribution in [0.15, 0.2) is 47.1 Å². The van der Waals surface area contributed by atoms with E-state index in [0.29, 0.717) is 11.6 Å². The van der Waals surface area contributed by atoms with Crippen molar-refractivity contribution < 1.29 is 4.42 Å². The predicted octanol–water partition coefficient (Wildman–Crippen LogP) is 3.90. The molecule has 0 amide bonds. The van der Waals surface area contributed by atoms with Gasteiger partial charge in [-0.15, -0.1) is 0 Å². The lowest BCUT2D eigenvalue weighted by Crippen LogP contribution is -2.07. The van der Waals surface area contributed by atoms with Crippen molar-refractivity contribution in [2.24, 2.45) is 5.92 Å². The molecule has 5 heteroatoms. The van der Waals surface area contributed by atoms with Crippen LogP contribution in [0.4, 0.5) is 0 Å². The lowest BCUT2D eigenvalue weighted by Gasteiger charge is -2.09. The fourth-order valence-electron chi connectivity index (χ4n) is 2.63. The molecule has 0 unspecified atom stereocenters. The first-order valence-corrected chi connectivity index (χ1v) is 7.39. The van der Waals surface area contributed by atoms with Gasteiger partial charge in [0, 0.05) is 6.54 Å². The molecule has 0 atom stereocenters. The van der Waals surface area contributed by atoms with Crippen LogP contribution in [0, 0.1) is 5.92 Å². The number of rotatable bonds is 3. The maximum Gasteiger partial charge on any atom is 0.198 e. The van der Waals surface area contributed by atoms with E-state index in [1.165, 1.54) is 0 Å². The van der Waals surface area contributed by atoms with Crippen molar-refractivity contribution in [3.8, 4) is 11.6 Å². The molecule has 0 radical (unpaired) electrons. The van der Waals surface area contributed by atoms with Crippen LogP contribution in [0.1, 0.15) is 13.8 Å². The van der Waals surface area contributed by atoms with Gasteiger partial charge in [0.05, 0.1) is 17.3 Å². The van der Waals surface area contributed by atoms with Crippen molar-refractivity contribution in [2.45, 2.75) is 20.4 Å². The molecule has 110 valence electrons. The van der Waals surface area contributed by atoms with E-state index in [9.17, 15) is 0 Å². The Balaban J connectivity index is 2.03. The number of furan rings is 1. The average Bonchev–Trinajstić information content (AvgIpc) is 3.13. The van der Waals surface area contributed by atoms with E-state index in [1.54, 1.807) is 6.26 Å². The molecule has 3 aromatic heterocycles. The highest BCUT2D eigenvalue weighted by Crippen LogP contribution is 2.25. The minimum Gasteiger partial charge on any atom is -0.461 e. The zero-order valence-corrected chi connectivity index (χ0v) is 12.5. The molecular formula is C17H16N4O. The molecule has 4 aromatic rings. The molecule has 5 nitrogen and oxygen atoms in total. The van der Waals surface area contributed by atoms with E-state index in [0.717, 1.165) is 34.8 Å². The van der Waals surface area contributed by atoms with Crippen molar-refractivity contribution in [1.29, 1.82) is 0 Å². The zero-order valence-electron chi connectivity index (χ0n) is 12.5. The summed E-state index contributed by atoms with van der Waals surface area (Å²) in [6, 6.07) is 11.6. The highest BCUT2D eigenvalue weighted by atomic mass is 16.3. The molecule has 1 aromatic carbocycles. The van der Waals surface area contributed by atoms with Gasteiger partial charge in [0.25, 0.3) is 0 Å². The van der Waals surface area contributed by atoms with E-state index < -0.39 is 0 Å². The Hall–Kier alpha value is -2.69. The lowest BCUT2D eigenvalue weighted by atomic mass is 10.2. The molecule has 0 aliphatic rings. The second-order valence-electron chi connectivity index (χ2n) is 5.78. The third kappa shape index (κ3) is 2.06. The van der Waals surface area contributed by atoms with Crippen LogP contribution in [-0.4, -0.2) is 19.5 Å². The molecule has 0 aliphatic carbocycles. The van der Waals surface area contributed by atoms with Crippen LogP contribution >= 0.6 is 0 Å². The van der Waals surface area contributed by atoms with Crippen LogP contribution in [0.25, 0.3) is 33.9 Å². The van der Waals surface area contributed by atoms with Gasteiger partial charge in [-0.25, -0.2) is 15.0 Å². The number of aromatic nitrogens is 4. The van der Waals surface area contributed by atoms with E-state index in [-0.39, 0.29) is 0 Å². The Morgan fingerprint density at radius 3 is 2.45 bits per heavy atom. The molecule has 3 heterocycles. The third-order valence-electron chi connectivity index (χ3n) is 3.55. The number of fused-ring (bicyclic) bond motifs is 2. The van der Waals surface area contributed by atoms with E-state index in [2.05, 4.69) is 28.4 Å². The quantitative estimate of drug-likeness (QED) is 0.574. The molecule has 0 bridgehead atoms. The number of hydrogen-bond donors (Lipinski definition) is 0. The first kappa shape index (κ1) is 13.0. The molecule has 0 spiro atoms. The van der Waals surface area contributed by atoms with Crippen LogP contribution in [-0.2, 0) is 6.54 Å². The molecule has 0 N–H and O–H groups in total. The Bertz CT molecular complexity index is 938. The minimum absolute atomic E-state index is 0.472. The van der Waals surface area contributed by atoms with Crippen molar-refractivity contribution in [2.75, 3.05) is 0 Å². The Kier molecular flexibility index (Phi) is 2.92. The van der Waals surface area contributed by atoms with E-state index >= 15 is 0 Å². The van der Waals surface area contributed by atoms with Gasteiger partial charge in [0.2, 0.25) is 0 Å². The van der Waals surface area contributed by atoms with Crippen LogP contribution in [0.5, 0.6) is 0 Å². The summed E-state index contributed by atoms with van der Waals surface area (Å²) in [6.45, 7) is 5.16. The number of nitrogens with zero attached hydrogens (tertiary/aromatic N) is 4. The normalized spacial score (nSPS) is 11.8. The van der Waals surface area contributed by atoms with Crippen LogP contribution in [0.3, 0.4) is 0 Å². The van der Waals surface area contributed by atoms with Crippen LogP contribution < -0.4 is 0 Å². The minimum atomic E-state index is 0.472. The topological polar surface area (TPSA) is 56.7 Å². The summed E-state index contributed by atoms with van der Waals surface area (Å²) in [6.07, 6.45) is 1.66. The maximum atomic E-state index is 5.53. The fourth-order valence-corrected chi connectivity index (χ4v) is 2.63. The van der Waals surface area contributed by atoms with Gasteiger partial charge in [-0.1, -0.05) is 26.0 Å². The first-order chi connectivity index (χ1) is 10.7. The largest absolute Gasteiger partial charge is 0.461 e. The number of imidazole rings is 1. The van der Waals surface area contributed by atoms with E-state index in [4.69, 9.17) is 9.40 Å². The number of hydrogen-bond acceptors (Lipinski definition) is 4. The average molecular weight is 292 g/mol. The van der Waals surface area contributed by atoms with Gasteiger partial charge in [0.15, 0.2) is 22.9 Å². The van der Waals surface area contributed by atoms with Crippen LogP contribution in [0.2, 0.25) is 0 Å². The number of benzene rings is 1. The van der Waals surface area contributed by atoms with Gasteiger partial charge in [-0.2, -0.15) is 0 Å². The van der Waals surface area contributed by atoms with Crippen molar-refractivity contribution in [3.63, 3.8) is 0 Å². The molecule has 0 aliphatic heterocycles. The summed E-state index contributed by atoms with van der Waals surface area (Å²) in [5.41, 5.74) is 3.20. The number of para-hydroxylation sites is 2. The smallest absolute Gasteiger partial charge is 0.198 e. The Labute approximate surface area is 127 Å². The summed E-state index contributed by atoms with van der Waals surface area (Å²) >= 11 is 0. The molecular weight excluding hydrogens is 276 g/mol. The summed E-state index contributed by atoms with van der Waals surface area (Å²) < 4.78 is 7.63. The lowest BCUT2D eigenvalue weighted by molar-refractivity contribution is 0.520. The molecule has 0 fully saturated rings. The molecule has 0 saturated heterocycles. The molecule has 4 rings (SSSR count). The second-order valence-corrected chi connectivity index (χ2v) is 5.78. The predicted molar refractivity (Wildman–Crippen MR) is 85.4 cm³/mol. The van der Waals surface area contributed by atoms with Crippen molar-refractivity contribution in [3.05, 3.63) is 42.7 Å². The van der Waals surface area contributed by atoms with Crippen molar-refractivity contribution >= 4 is 22.3 Å². The van der Waals surface area contributed by atoms with Gasteiger partial charge < -0.3 is 8.98 Å². The van der Waals surface area contributed by atoms with E-state index in [1.807, 2.05) is 36.4 Å². The van der Waals surface area contributed by atoms with Gasteiger partial charge in [0.1, 0.15) is 0 Å². The maximum absolute atomic E-state index is 5.53. The zero-order chi connectivity index (χ0) is 15.1. The Morgan fingerprint density at radius 1 is 1.00 bits per heavy atom. The third-order valence-corrected chi connectivity index (χ3v) is 3.55. The first-order valence-electron chi connectivity index (χ1n) is 7.39. The van der Waals surface area contributed by atoms with Gasteiger partial charge in [-0.3, -0.25) is 0 Å². The van der Waals surface area contributed by atoms with Gasteiger partial charge in [-0.05, 0) is 30.2 Å². The highest BCUT2D eigenvalue weighted by molar-refractivity contribution is 5.84. The second kappa shape index (κ2) is 4.94.